The Morgan fingerprint density at radius 1 is 1.69 bits per heavy atom. The lowest BCUT2D eigenvalue weighted by Gasteiger charge is -2.09. The molecule has 1 rings (SSSR count). The highest BCUT2D eigenvalue weighted by Crippen LogP contribution is 2.06. The molecule has 2 N–H and O–H groups in total. The number of hydrogen-bond donors (Lipinski definition) is 2. The van der Waals surface area contributed by atoms with Crippen molar-refractivity contribution in [2.45, 2.75) is 25.3 Å². The molecule has 0 bridgehead atoms. The molecular formula is C7H10F2N2O2. The first-order valence-electron chi connectivity index (χ1n) is 3.95. The van der Waals surface area contributed by atoms with Crippen molar-refractivity contribution in [3.63, 3.8) is 0 Å². The molecule has 4 nitrogen and oxygen atoms in total. The third-order valence-electron chi connectivity index (χ3n) is 1.74. The predicted octanol–water partition coefficient (Wildman–Crippen LogP) is -0.354. The maximum Gasteiger partial charge on any atom is 0.255 e. The van der Waals surface area contributed by atoms with Gasteiger partial charge in [-0.3, -0.25) is 9.59 Å². The quantitative estimate of drug-likeness (QED) is 0.642. The van der Waals surface area contributed by atoms with Gasteiger partial charge in [0.05, 0.1) is 6.54 Å². The van der Waals surface area contributed by atoms with Crippen molar-refractivity contribution in [3.05, 3.63) is 0 Å². The molecule has 0 aromatic carbocycles. The Balaban J connectivity index is 2.27. The summed E-state index contributed by atoms with van der Waals surface area (Å²) in [6.07, 6.45) is -1.89. The van der Waals surface area contributed by atoms with Crippen molar-refractivity contribution in [3.8, 4) is 0 Å². The molecule has 1 fully saturated rings. The van der Waals surface area contributed by atoms with Crippen LogP contribution < -0.4 is 10.6 Å². The van der Waals surface area contributed by atoms with Gasteiger partial charge in [0.1, 0.15) is 6.04 Å². The van der Waals surface area contributed by atoms with Gasteiger partial charge < -0.3 is 10.6 Å². The summed E-state index contributed by atoms with van der Waals surface area (Å²) in [6, 6.07) is -0.633. The van der Waals surface area contributed by atoms with Crippen LogP contribution in [0.5, 0.6) is 0 Å². The lowest BCUT2D eigenvalue weighted by atomic mass is 10.2. The molecule has 0 aliphatic carbocycles. The highest BCUT2D eigenvalue weighted by Gasteiger charge is 2.27. The summed E-state index contributed by atoms with van der Waals surface area (Å²) in [5.41, 5.74) is 0. The Bertz CT molecular complexity index is 221. The number of halogens is 2. The lowest BCUT2D eigenvalue weighted by Crippen LogP contribution is -2.43. The maximum absolute atomic E-state index is 11.7. The minimum atomic E-state index is -2.55. The van der Waals surface area contributed by atoms with Gasteiger partial charge in [-0.2, -0.15) is 0 Å². The first-order chi connectivity index (χ1) is 6.09. The fraction of sp³-hybridized carbons (Fsp3) is 0.714. The zero-order valence-electron chi connectivity index (χ0n) is 6.85. The molecule has 13 heavy (non-hydrogen) atoms. The van der Waals surface area contributed by atoms with Gasteiger partial charge >= 0.3 is 0 Å². The Hall–Kier alpha value is -1.20. The molecule has 0 saturated carbocycles. The maximum atomic E-state index is 11.7. The van der Waals surface area contributed by atoms with Gasteiger partial charge in [0.2, 0.25) is 11.8 Å². The number of amides is 2. The number of hydrogen-bond acceptors (Lipinski definition) is 2. The van der Waals surface area contributed by atoms with Gasteiger partial charge in [0.15, 0.2) is 0 Å². The summed E-state index contributed by atoms with van der Waals surface area (Å²) in [6.45, 7) is -0.662. The standard InChI is InChI=1S/C7H10F2N2O2/c8-5(9)3-10-7(13)4-1-2-6(12)11-4/h4-5H,1-3H2,(H,10,13)(H,11,12)/t4-/m1/s1. The Kier molecular flexibility index (Phi) is 3.16. The van der Waals surface area contributed by atoms with Crippen LogP contribution in [0.4, 0.5) is 8.78 Å². The zero-order valence-corrected chi connectivity index (χ0v) is 6.85. The van der Waals surface area contributed by atoms with E-state index in [2.05, 4.69) is 5.32 Å². The molecule has 0 aromatic rings. The van der Waals surface area contributed by atoms with Crippen LogP contribution in [0, 0.1) is 0 Å². The van der Waals surface area contributed by atoms with E-state index in [0.717, 1.165) is 0 Å². The molecule has 0 unspecified atom stereocenters. The fourth-order valence-corrected chi connectivity index (χ4v) is 1.11. The van der Waals surface area contributed by atoms with Crippen LogP contribution in [0.15, 0.2) is 0 Å². The SMILES string of the molecule is O=C1CC[C@H](C(=O)NCC(F)F)N1. The van der Waals surface area contributed by atoms with E-state index >= 15 is 0 Å². The summed E-state index contributed by atoms with van der Waals surface area (Å²) in [5.74, 6) is -0.747. The van der Waals surface area contributed by atoms with Crippen LogP contribution in [0.2, 0.25) is 0 Å². The monoisotopic (exact) mass is 192 g/mol. The van der Waals surface area contributed by atoms with E-state index in [1.54, 1.807) is 0 Å². The van der Waals surface area contributed by atoms with Crippen LogP contribution >= 0.6 is 0 Å². The second-order valence-corrected chi connectivity index (χ2v) is 2.80. The van der Waals surface area contributed by atoms with Gasteiger partial charge in [-0.1, -0.05) is 0 Å². The summed E-state index contributed by atoms with van der Waals surface area (Å²) >= 11 is 0. The van der Waals surface area contributed by atoms with Gasteiger partial charge in [-0.25, -0.2) is 8.78 Å². The molecule has 1 atom stereocenters. The van der Waals surface area contributed by atoms with Crippen molar-refractivity contribution in [1.29, 1.82) is 0 Å². The summed E-state index contributed by atoms with van der Waals surface area (Å²) in [4.78, 5) is 21.7. The summed E-state index contributed by atoms with van der Waals surface area (Å²) < 4.78 is 23.3. The number of alkyl halides is 2. The van der Waals surface area contributed by atoms with Gasteiger partial charge in [-0.15, -0.1) is 0 Å². The lowest BCUT2D eigenvalue weighted by molar-refractivity contribution is -0.126. The van der Waals surface area contributed by atoms with E-state index < -0.39 is 24.9 Å². The summed E-state index contributed by atoms with van der Waals surface area (Å²) in [7, 11) is 0. The molecule has 2 amide bonds. The van der Waals surface area contributed by atoms with Crippen molar-refractivity contribution in [2.24, 2.45) is 0 Å². The van der Waals surface area contributed by atoms with E-state index in [0.29, 0.717) is 6.42 Å². The first kappa shape index (κ1) is 9.88. The molecule has 6 heteroatoms. The number of nitrogens with one attached hydrogen (secondary N) is 2. The molecule has 1 aliphatic rings. The minimum Gasteiger partial charge on any atom is -0.349 e. The fourth-order valence-electron chi connectivity index (χ4n) is 1.11. The topological polar surface area (TPSA) is 58.2 Å². The van der Waals surface area contributed by atoms with Crippen LogP contribution in [0.1, 0.15) is 12.8 Å². The minimum absolute atomic E-state index is 0.211. The summed E-state index contributed by atoms with van der Waals surface area (Å²) in [5, 5.41) is 4.42. The van der Waals surface area contributed by atoms with E-state index in [1.807, 2.05) is 5.32 Å². The van der Waals surface area contributed by atoms with Crippen molar-refractivity contribution < 1.29 is 18.4 Å². The smallest absolute Gasteiger partial charge is 0.255 e. The molecule has 1 aliphatic heterocycles. The highest BCUT2D eigenvalue weighted by molar-refractivity contribution is 5.90. The Morgan fingerprint density at radius 2 is 2.38 bits per heavy atom. The second-order valence-electron chi connectivity index (χ2n) is 2.80. The molecule has 1 heterocycles. The number of carbonyl (C=O) groups excluding carboxylic acids is 2. The molecule has 0 aromatic heterocycles. The van der Waals surface area contributed by atoms with Crippen LogP contribution in [0.25, 0.3) is 0 Å². The predicted molar refractivity (Wildman–Crippen MR) is 40.2 cm³/mol. The van der Waals surface area contributed by atoms with Gasteiger partial charge in [-0.05, 0) is 6.42 Å². The normalized spacial score (nSPS) is 21.8. The average molecular weight is 192 g/mol. The second kappa shape index (κ2) is 4.15. The van der Waals surface area contributed by atoms with E-state index in [-0.39, 0.29) is 12.3 Å². The van der Waals surface area contributed by atoms with E-state index in [9.17, 15) is 18.4 Å². The average Bonchev–Trinajstić information content (AvgIpc) is 2.47. The van der Waals surface area contributed by atoms with Crippen LogP contribution in [-0.2, 0) is 9.59 Å². The van der Waals surface area contributed by atoms with Crippen LogP contribution in [-0.4, -0.2) is 30.8 Å². The van der Waals surface area contributed by atoms with E-state index in [4.69, 9.17) is 0 Å². The van der Waals surface area contributed by atoms with Crippen molar-refractivity contribution in [1.82, 2.24) is 10.6 Å². The Labute approximate surface area is 73.7 Å². The van der Waals surface area contributed by atoms with Crippen molar-refractivity contribution >= 4 is 11.8 Å². The molecular weight excluding hydrogens is 182 g/mol. The number of rotatable bonds is 3. The molecule has 0 radical (unpaired) electrons. The van der Waals surface area contributed by atoms with Crippen LogP contribution in [0.3, 0.4) is 0 Å². The van der Waals surface area contributed by atoms with Crippen molar-refractivity contribution in [2.75, 3.05) is 6.54 Å². The van der Waals surface area contributed by atoms with Gasteiger partial charge in [0.25, 0.3) is 6.43 Å². The van der Waals surface area contributed by atoms with E-state index in [1.165, 1.54) is 0 Å². The largest absolute Gasteiger partial charge is 0.349 e. The molecule has 74 valence electrons. The third-order valence-corrected chi connectivity index (χ3v) is 1.74. The zero-order chi connectivity index (χ0) is 9.84. The molecule has 0 spiro atoms. The van der Waals surface area contributed by atoms with Gasteiger partial charge in [0, 0.05) is 6.42 Å². The first-order valence-corrected chi connectivity index (χ1v) is 3.95. The highest BCUT2D eigenvalue weighted by atomic mass is 19.3. The third kappa shape index (κ3) is 2.96. The number of carbonyl (C=O) groups is 2. The Morgan fingerprint density at radius 3 is 2.85 bits per heavy atom. The molecule has 1 saturated heterocycles.